The summed E-state index contributed by atoms with van der Waals surface area (Å²) in [6, 6.07) is 10.8. The number of ether oxygens (including phenoxy) is 2. The first-order valence-electron chi connectivity index (χ1n) is 7.96. The van der Waals surface area contributed by atoms with Gasteiger partial charge in [0.15, 0.2) is 0 Å². The smallest absolute Gasteiger partial charge is 0.322 e. The van der Waals surface area contributed by atoms with Crippen LogP contribution in [0.4, 0.5) is 6.01 Å². The van der Waals surface area contributed by atoms with E-state index in [1.54, 1.807) is 31.4 Å². The van der Waals surface area contributed by atoms with Gasteiger partial charge in [0, 0.05) is 11.6 Å². The Kier molecular flexibility index (Phi) is 4.88. The summed E-state index contributed by atoms with van der Waals surface area (Å²) in [6.07, 6.45) is 0. The molecule has 0 aliphatic carbocycles. The van der Waals surface area contributed by atoms with Crippen LogP contribution in [-0.4, -0.2) is 30.3 Å². The summed E-state index contributed by atoms with van der Waals surface area (Å²) >= 11 is 0. The predicted molar refractivity (Wildman–Crippen MR) is 96.7 cm³/mol. The lowest BCUT2D eigenvalue weighted by molar-refractivity contribution is 0.102. The first kappa shape index (κ1) is 17.5. The third-order valence-corrected chi connectivity index (χ3v) is 3.91. The maximum Gasteiger partial charge on any atom is 0.322 e. The van der Waals surface area contributed by atoms with Gasteiger partial charge >= 0.3 is 6.01 Å². The van der Waals surface area contributed by atoms with Gasteiger partial charge in [-0.2, -0.15) is 0 Å². The molecule has 0 spiro atoms. The molecule has 0 bridgehead atoms. The van der Waals surface area contributed by atoms with Crippen LogP contribution >= 0.6 is 0 Å². The molecule has 0 fully saturated rings. The Morgan fingerprint density at radius 2 is 1.85 bits per heavy atom. The molecule has 0 aliphatic heterocycles. The van der Waals surface area contributed by atoms with E-state index in [2.05, 4.69) is 15.5 Å². The average molecular weight is 353 g/mol. The Hall–Kier alpha value is -3.35. The highest BCUT2D eigenvalue weighted by molar-refractivity contribution is 6.04. The Morgan fingerprint density at radius 3 is 2.54 bits per heavy atom. The fraction of sp³-hybridized carbons (Fsp3) is 0.211. The lowest BCUT2D eigenvalue weighted by atomic mass is 10.1. The molecule has 0 atom stereocenters. The van der Waals surface area contributed by atoms with E-state index >= 15 is 0 Å². The van der Waals surface area contributed by atoms with E-state index in [4.69, 9.17) is 13.9 Å². The monoisotopic (exact) mass is 353 g/mol. The summed E-state index contributed by atoms with van der Waals surface area (Å²) in [5.74, 6) is 1.11. The first-order valence-corrected chi connectivity index (χ1v) is 7.96. The van der Waals surface area contributed by atoms with Crippen molar-refractivity contribution in [3.63, 3.8) is 0 Å². The normalized spacial score (nSPS) is 10.5. The van der Waals surface area contributed by atoms with Crippen LogP contribution in [0.15, 0.2) is 40.8 Å². The molecule has 7 heteroatoms. The van der Waals surface area contributed by atoms with E-state index in [0.29, 0.717) is 22.6 Å². The number of aromatic nitrogens is 2. The van der Waals surface area contributed by atoms with Gasteiger partial charge in [0.1, 0.15) is 11.5 Å². The zero-order chi connectivity index (χ0) is 18.7. The number of carbonyl (C=O) groups excluding carboxylic acids is 1. The highest BCUT2D eigenvalue weighted by atomic mass is 16.5. The van der Waals surface area contributed by atoms with E-state index in [1.807, 2.05) is 26.0 Å². The van der Waals surface area contributed by atoms with E-state index in [1.165, 1.54) is 7.11 Å². The fourth-order valence-electron chi connectivity index (χ4n) is 2.59. The van der Waals surface area contributed by atoms with Crippen molar-refractivity contribution in [3.8, 4) is 23.0 Å². The van der Waals surface area contributed by atoms with Gasteiger partial charge in [-0.3, -0.25) is 10.1 Å². The zero-order valence-electron chi connectivity index (χ0n) is 15.0. The maximum atomic E-state index is 12.4. The molecule has 0 saturated carbocycles. The topological polar surface area (TPSA) is 86.5 Å². The minimum atomic E-state index is -0.306. The molecule has 1 aromatic heterocycles. The molecule has 1 amide bonds. The molecule has 134 valence electrons. The number of hydrogen-bond acceptors (Lipinski definition) is 6. The third-order valence-electron chi connectivity index (χ3n) is 3.91. The van der Waals surface area contributed by atoms with Crippen LogP contribution in [0.5, 0.6) is 11.5 Å². The van der Waals surface area contributed by atoms with Crippen molar-refractivity contribution in [1.82, 2.24) is 10.2 Å². The predicted octanol–water partition coefficient (Wildman–Crippen LogP) is 3.62. The van der Waals surface area contributed by atoms with E-state index < -0.39 is 0 Å². The minimum Gasteiger partial charge on any atom is -0.497 e. The largest absolute Gasteiger partial charge is 0.497 e. The number of aryl methyl sites for hydroxylation is 2. The molecule has 0 aliphatic rings. The number of nitrogens with one attached hydrogen (secondary N) is 1. The number of nitrogens with zero attached hydrogens (tertiary/aromatic N) is 2. The molecule has 3 rings (SSSR count). The number of methoxy groups -OCH3 is 2. The van der Waals surface area contributed by atoms with Gasteiger partial charge < -0.3 is 13.9 Å². The lowest BCUT2D eigenvalue weighted by Crippen LogP contribution is -2.13. The molecule has 0 unspecified atom stereocenters. The van der Waals surface area contributed by atoms with Crippen LogP contribution in [0.2, 0.25) is 0 Å². The van der Waals surface area contributed by atoms with Crippen LogP contribution in [-0.2, 0) is 0 Å². The highest BCUT2D eigenvalue weighted by Crippen LogP contribution is 2.33. The molecule has 0 saturated heterocycles. The van der Waals surface area contributed by atoms with Gasteiger partial charge in [0.25, 0.3) is 11.8 Å². The molecule has 1 heterocycles. The number of anilines is 1. The van der Waals surface area contributed by atoms with Crippen molar-refractivity contribution >= 4 is 11.9 Å². The second-order valence-corrected chi connectivity index (χ2v) is 5.75. The Morgan fingerprint density at radius 1 is 1.04 bits per heavy atom. The highest BCUT2D eigenvalue weighted by Gasteiger charge is 2.17. The minimum absolute atomic E-state index is 0.0165. The summed E-state index contributed by atoms with van der Waals surface area (Å²) < 4.78 is 16.1. The Labute approximate surface area is 151 Å². The quantitative estimate of drug-likeness (QED) is 0.754. The van der Waals surface area contributed by atoms with Crippen LogP contribution < -0.4 is 14.8 Å². The number of hydrogen-bond donors (Lipinski definition) is 1. The van der Waals surface area contributed by atoms with Gasteiger partial charge in [-0.15, -0.1) is 5.10 Å². The van der Waals surface area contributed by atoms with E-state index in [-0.39, 0.29) is 17.8 Å². The van der Waals surface area contributed by atoms with Crippen molar-refractivity contribution in [2.75, 3.05) is 19.5 Å². The number of amides is 1. The SMILES string of the molecule is COc1ccc(-c2nnc(NC(=O)c3ccc(C)cc3C)o2)c(OC)c1. The second-order valence-electron chi connectivity index (χ2n) is 5.75. The fourth-order valence-corrected chi connectivity index (χ4v) is 2.59. The summed E-state index contributed by atoms with van der Waals surface area (Å²) in [5.41, 5.74) is 3.12. The summed E-state index contributed by atoms with van der Waals surface area (Å²) in [5, 5.41) is 10.5. The third kappa shape index (κ3) is 3.51. The van der Waals surface area contributed by atoms with Gasteiger partial charge in [0.05, 0.1) is 19.8 Å². The van der Waals surface area contributed by atoms with Crippen molar-refractivity contribution in [1.29, 1.82) is 0 Å². The van der Waals surface area contributed by atoms with E-state index in [9.17, 15) is 4.79 Å². The van der Waals surface area contributed by atoms with Gasteiger partial charge in [-0.1, -0.05) is 22.8 Å². The molecular weight excluding hydrogens is 334 g/mol. The molecule has 1 N–H and O–H groups in total. The lowest BCUT2D eigenvalue weighted by Gasteiger charge is -2.07. The maximum absolute atomic E-state index is 12.4. The molecule has 2 aromatic carbocycles. The summed E-state index contributed by atoms with van der Waals surface area (Å²) in [4.78, 5) is 12.4. The van der Waals surface area contributed by atoms with Crippen LogP contribution in [0.1, 0.15) is 21.5 Å². The van der Waals surface area contributed by atoms with Crippen molar-refractivity contribution in [3.05, 3.63) is 53.1 Å². The number of carbonyl (C=O) groups is 1. The van der Waals surface area contributed by atoms with Crippen LogP contribution in [0, 0.1) is 13.8 Å². The Bertz CT molecular complexity index is 950. The van der Waals surface area contributed by atoms with Gasteiger partial charge in [-0.05, 0) is 37.6 Å². The van der Waals surface area contributed by atoms with Crippen molar-refractivity contribution in [2.45, 2.75) is 13.8 Å². The Balaban J connectivity index is 1.83. The van der Waals surface area contributed by atoms with Crippen molar-refractivity contribution < 1.29 is 18.7 Å². The zero-order valence-corrected chi connectivity index (χ0v) is 15.0. The van der Waals surface area contributed by atoms with Crippen molar-refractivity contribution in [2.24, 2.45) is 0 Å². The number of benzene rings is 2. The first-order chi connectivity index (χ1) is 12.5. The number of rotatable bonds is 5. The average Bonchev–Trinajstić information content (AvgIpc) is 3.09. The standard InChI is InChI=1S/C19H19N3O4/c1-11-5-7-14(12(2)9-11)17(23)20-19-22-21-18(26-19)15-8-6-13(24-3)10-16(15)25-4/h5-10H,1-4H3,(H,20,22,23). The molecule has 26 heavy (non-hydrogen) atoms. The molecular formula is C19H19N3O4. The summed E-state index contributed by atoms with van der Waals surface area (Å²) in [7, 11) is 3.11. The van der Waals surface area contributed by atoms with Gasteiger partial charge in [-0.25, -0.2) is 0 Å². The molecule has 3 aromatic rings. The molecule has 7 nitrogen and oxygen atoms in total. The molecule has 0 radical (unpaired) electrons. The van der Waals surface area contributed by atoms with E-state index in [0.717, 1.165) is 11.1 Å². The van der Waals surface area contributed by atoms with Gasteiger partial charge in [0.2, 0.25) is 0 Å². The second kappa shape index (κ2) is 7.26. The van der Waals surface area contributed by atoms with Crippen LogP contribution in [0.25, 0.3) is 11.5 Å². The summed E-state index contributed by atoms with van der Waals surface area (Å²) in [6.45, 7) is 3.85. The van der Waals surface area contributed by atoms with Crippen LogP contribution in [0.3, 0.4) is 0 Å².